The summed E-state index contributed by atoms with van der Waals surface area (Å²) in [7, 11) is 0. The predicted octanol–water partition coefficient (Wildman–Crippen LogP) is 7.18. The Hall–Kier alpha value is -0.491. The van der Waals surface area contributed by atoms with Gasteiger partial charge in [0.15, 0.2) is 0 Å². The van der Waals surface area contributed by atoms with Crippen LogP contribution in [-0.2, 0) is 4.74 Å². The first-order valence-corrected chi connectivity index (χ1v) is 19.1. The molecule has 0 radical (unpaired) electrons. The molecule has 0 spiro atoms. The fraction of sp³-hybridized carbons (Fsp3) is 0.696. The van der Waals surface area contributed by atoms with Gasteiger partial charge in [0.1, 0.15) is 0 Å². The molecule has 0 aliphatic rings. The molecule has 0 aliphatic carbocycles. The molecule has 1 aromatic carbocycles. The van der Waals surface area contributed by atoms with Gasteiger partial charge < -0.3 is 0 Å². The second-order valence-electron chi connectivity index (χ2n) is 8.09. The van der Waals surface area contributed by atoms with E-state index in [-0.39, 0.29) is 11.7 Å². The van der Waals surface area contributed by atoms with Crippen LogP contribution in [0.5, 0.6) is 0 Å². The van der Waals surface area contributed by atoms with Crippen LogP contribution in [-0.4, -0.2) is 41.9 Å². The fourth-order valence-corrected chi connectivity index (χ4v) is 18.2. The third kappa shape index (κ3) is 9.82. The fourth-order valence-electron chi connectivity index (χ4n) is 3.53. The average Bonchev–Trinajstić information content (AvgIpc) is 2.69. The second kappa shape index (κ2) is 14.5. The van der Waals surface area contributed by atoms with Crippen LogP contribution in [0.3, 0.4) is 0 Å². The molecular weight excluding hydrogens is 463 g/mol. The summed E-state index contributed by atoms with van der Waals surface area (Å²) < 4.78 is 38.5. The molecule has 28 heavy (non-hydrogen) atoms. The first-order chi connectivity index (χ1) is 13.5. The molecule has 2 nitrogen and oxygen atoms in total. The normalized spacial score (nSPS) is 13.4. The van der Waals surface area contributed by atoms with E-state index in [1.807, 2.05) is 6.92 Å². The van der Waals surface area contributed by atoms with Gasteiger partial charge in [0.05, 0.1) is 0 Å². The minimum absolute atomic E-state index is 0.00817. The van der Waals surface area contributed by atoms with E-state index in [2.05, 4.69) is 25.8 Å². The molecule has 0 amide bonds. The van der Waals surface area contributed by atoms with Crippen molar-refractivity contribution in [3.05, 3.63) is 35.4 Å². The monoisotopic (exact) mass is 503 g/mol. The SMILES string of the molecule is CCC[CH2][Sn]([CH2]CCC)([CH2]CCC)[CH2]O[C@@H](C)C/N=C/c1cc(F)ccc1F. The van der Waals surface area contributed by atoms with E-state index < -0.39 is 30.0 Å². The van der Waals surface area contributed by atoms with Crippen LogP contribution < -0.4 is 0 Å². The average molecular weight is 502 g/mol. The van der Waals surface area contributed by atoms with E-state index in [9.17, 15) is 8.78 Å². The van der Waals surface area contributed by atoms with Crippen molar-refractivity contribution in [2.45, 2.75) is 85.6 Å². The van der Waals surface area contributed by atoms with Crippen molar-refractivity contribution < 1.29 is 13.5 Å². The number of nitrogens with zero attached hydrogens (tertiary/aromatic N) is 1. The molecule has 0 bridgehead atoms. The molecule has 1 atom stereocenters. The summed E-state index contributed by atoms with van der Waals surface area (Å²) in [6, 6.07) is 3.43. The van der Waals surface area contributed by atoms with E-state index >= 15 is 0 Å². The predicted molar refractivity (Wildman–Crippen MR) is 119 cm³/mol. The standard InChI is InChI=1S/C11H12F2NO.3C4H9.Sn/c1-8(15-2)6-14-7-9-5-10(12)3-4-11(9)13;3*1-3-4-2;/h3-5,7-8H,2,6H2,1H3;3*1,3-4H2,2H3;/b14-7+;;;;/t8-;;;;/m0..../s1. The van der Waals surface area contributed by atoms with Crippen LogP contribution in [0.1, 0.15) is 71.8 Å². The third-order valence-corrected chi connectivity index (χ3v) is 19.7. The van der Waals surface area contributed by atoms with Gasteiger partial charge in [0, 0.05) is 0 Å². The van der Waals surface area contributed by atoms with Crippen LogP contribution in [0.4, 0.5) is 8.78 Å². The Morgan fingerprint density at radius 3 is 2.11 bits per heavy atom. The first-order valence-electron chi connectivity index (χ1n) is 11.0. The Balaban J connectivity index is 2.65. The maximum absolute atomic E-state index is 13.7. The Labute approximate surface area is 175 Å². The summed E-state index contributed by atoms with van der Waals surface area (Å²) in [5.41, 5.74) is 0.189. The van der Waals surface area contributed by atoms with Crippen LogP contribution in [0, 0.1) is 11.6 Å². The molecule has 0 heterocycles. The number of unbranched alkanes of at least 4 members (excludes halogenated alkanes) is 3. The van der Waals surface area contributed by atoms with E-state index in [0.29, 0.717) is 6.54 Å². The van der Waals surface area contributed by atoms with Crippen molar-refractivity contribution >= 4 is 24.6 Å². The zero-order valence-electron chi connectivity index (χ0n) is 18.3. The molecule has 1 rings (SSSR count). The van der Waals surface area contributed by atoms with Gasteiger partial charge >= 0.3 is 175 Å². The van der Waals surface area contributed by atoms with E-state index in [1.54, 1.807) is 0 Å². The summed E-state index contributed by atoms with van der Waals surface area (Å²) in [5.74, 6) is -0.901. The van der Waals surface area contributed by atoms with Crippen molar-refractivity contribution in [3.8, 4) is 0 Å². The summed E-state index contributed by atoms with van der Waals surface area (Å²) in [6.45, 7) is 9.35. The van der Waals surface area contributed by atoms with Gasteiger partial charge in [-0.2, -0.15) is 0 Å². The molecule has 0 saturated heterocycles. The molecule has 1 aromatic rings. The number of ether oxygens (including phenoxy) is 1. The Kier molecular flexibility index (Phi) is 13.2. The van der Waals surface area contributed by atoms with Crippen LogP contribution in [0.15, 0.2) is 23.2 Å². The molecule has 0 aliphatic heterocycles. The van der Waals surface area contributed by atoms with E-state index in [1.165, 1.54) is 64.1 Å². The molecule has 0 saturated carbocycles. The Bertz CT molecular complexity index is 558. The summed E-state index contributed by atoms with van der Waals surface area (Å²) in [4.78, 5) is 4.30. The molecular formula is C23H39F2NOSn. The number of hydrogen-bond donors (Lipinski definition) is 0. The molecule has 0 unspecified atom stereocenters. The quantitative estimate of drug-likeness (QED) is 0.184. The molecule has 0 N–H and O–H groups in total. The van der Waals surface area contributed by atoms with Gasteiger partial charge in [-0.05, 0) is 0 Å². The van der Waals surface area contributed by atoms with Gasteiger partial charge in [0.2, 0.25) is 0 Å². The minimum atomic E-state index is -2.29. The summed E-state index contributed by atoms with van der Waals surface area (Å²) in [5, 5.41) is 0. The van der Waals surface area contributed by atoms with Gasteiger partial charge in [-0.3, -0.25) is 0 Å². The van der Waals surface area contributed by atoms with Gasteiger partial charge in [-0.1, -0.05) is 0 Å². The molecule has 0 fully saturated rings. The number of rotatable bonds is 15. The van der Waals surface area contributed by atoms with Gasteiger partial charge in [0.25, 0.3) is 0 Å². The molecule has 160 valence electrons. The summed E-state index contributed by atoms with van der Waals surface area (Å²) >= 11 is -2.29. The molecule has 0 aromatic heterocycles. The van der Waals surface area contributed by atoms with Crippen LogP contribution in [0.2, 0.25) is 13.3 Å². The Morgan fingerprint density at radius 2 is 1.57 bits per heavy atom. The number of halogens is 2. The number of hydrogen-bond acceptors (Lipinski definition) is 2. The van der Waals surface area contributed by atoms with E-state index in [4.69, 9.17) is 4.74 Å². The van der Waals surface area contributed by atoms with Crippen molar-refractivity contribution in [3.63, 3.8) is 0 Å². The zero-order valence-corrected chi connectivity index (χ0v) is 21.1. The maximum atomic E-state index is 13.7. The third-order valence-electron chi connectivity index (χ3n) is 5.41. The second-order valence-corrected chi connectivity index (χ2v) is 21.8. The van der Waals surface area contributed by atoms with Crippen LogP contribution in [0.25, 0.3) is 0 Å². The van der Waals surface area contributed by atoms with Crippen molar-refractivity contribution in [1.82, 2.24) is 0 Å². The topological polar surface area (TPSA) is 21.6 Å². The summed E-state index contributed by atoms with van der Waals surface area (Å²) in [6.07, 6.45) is 9.20. The van der Waals surface area contributed by atoms with E-state index in [0.717, 1.165) is 16.8 Å². The van der Waals surface area contributed by atoms with Crippen LogP contribution >= 0.6 is 0 Å². The number of benzene rings is 1. The van der Waals surface area contributed by atoms with Crippen molar-refractivity contribution in [2.75, 3.05) is 11.2 Å². The van der Waals surface area contributed by atoms with Crippen molar-refractivity contribution in [2.24, 2.45) is 4.99 Å². The van der Waals surface area contributed by atoms with Gasteiger partial charge in [-0.15, -0.1) is 0 Å². The number of aliphatic imine (C=N–C) groups is 1. The van der Waals surface area contributed by atoms with Gasteiger partial charge in [-0.25, -0.2) is 0 Å². The molecule has 5 heteroatoms. The first kappa shape index (κ1) is 25.5. The van der Waals surface area contributed by atoms with Crippen molar-refractivity contribution in [1.29, 1.82) is 0 Å². The zero-order chi connectivity index (χ0) is 20.8. The Morgan fingerprint density at radius 1 is 1.00 bits per heavy atom.